The van der Waals surface area contributed by atoms with Gasteiger partial charge in [0.05, 0.1) is 23.4 Å². The number of methoxy groups -OCH3 is 1. The molecule has 1 aromatic heterocycles. The highest BCUT2D eigenvalue weighted by Gasteiger charge is 2.95. The molecule has 41 heavy (non-hydrogen) atoms. The summed E-state index contributed by atoms with van der Waals surface area (Å²) in [6.45, 7) is 8.88. The molecule has 2 saturated heterocycles. The van der Waals surface area contributed by atoms with E-state index in [-0.39, 0.29) is 6.42 Å². The fraction of sp³-hybridized carbons (Fsp3) is 0.655. The first-order valence-electron chi connectivity index (χ1n) is 13.5. The molecule has 0 amide bonds. The van der Waals surface area contributed by atoms with E-state index in [0.29, 0.717) is 5.56 Å². The van der Waals surface area contributed by atoms with E-state index >= 15 is 0 Å². The first-order valence-corrected chi connectivity index (χ1v) is 13.5. The van der Waals surface area contributed by atoms with E-state index in [1.807, 2.05) is 0 Å². The van der Waals surface area contributed by atoms with Gasteiger partial charge >= 0.3 is 17.9 Å². The minimum absolute atomic E-state index is 0.0529. The molecule has 1 aromatic rings. The third-order valence-electron chi connectivity index (χ3n) is 11.1. The molecule has 222 valence electrons. The second-order valence-corrected chi connectivity index (χ2v) is 12.9. The van der Waals surface area contributed by atoms with Crippen LogP contribution in [0.15, 0.2) is 35.2 Å². The number of epoxide rings is 1. The number of rotatable bonds is 3. The zero-order valence-electron chi connectivity index (χ0n) is 23.9. The molecule has 3 aliphatic heterocycles. The second kappa shape index (κ2) is 7.85. The van der Waals surface area contributed by atoms with Crippen LogP contribution in [0.25, 0.3) is 0 Å². The summed E-state index contributed by atoms with van der Waals surface area (Å²) in [5.41, 5.74) is -10.4. The number of ketones is 1. The minimum Gasteiger partial charge on any atom is -0.472 e. The third kappa shape index (κ3) is 2.76. The molecule has 4 fully saturated rings. The van der Waals surface area contributed by atoms with Crippen molar-refractivity contribution in [3.8, 4) is 0 Å². The van der Waals surface area contributed by atoms with Gasteiger partial charge in [-0.15, -0.1) is 0 Å². The molecule has 10 atom stereocenters. The average Bonchev–Trinajstić information content (AvgIpc) is 3.48. The summed E-state index contributed by atoms with van der Waals surface area (Å²) < 4.78 is 34.6. The maximum atomic E-state index is 14.6. The Labute approximate surface area is 235 Å². The SMILES string of the molecule is CO[C@]1(O)C(=O)[C@@]2(O)C(C)(C)OC(=O)C=C[C@]2(C)[C@H]2C[C@@H](OC(C)=O)[C@@]3(C)[C@H](c4ccoc4)OC(=O)[C@H]4O[C@]43[C@@]21C. The lowest BCUT2D eigenvalue weighted by molar-refractivity contribution is -0.364. The van der Waals surface area contributed by atoms with Crippen LogP contribution in [0.2, 0.25) is 0 Å². The number of esters is 3. The molecular formula is C29H34O12. The van der Waals surface area contributed by atoms with Gasteiger partial charge in [-0.2, -0.15) is 0 Å². The van der Waals surface area contributed by atoms with Crippen LogP contribution in [-0.4, -0.2) is 75.8 Å². The maximum Gasteiger partial charge on any atom is 0.339 e. The van der Waals surface area contributed by atoms with Crippen molar-refractivity contribution in [2.45, 2.75) is 88.9 Å². The highest BCUT2D eigenvalue weighted by atomic mass is 16.7. The molecule has 0 unspecified atom stereocenters. The van der Waals surface area contributed by atoms with Crippen molar-refractivity contribution in [1.29, 1.82) is 0 Å². The fourth-order valence-corrected chi connectivity index (χ4v) is 9.17. The predicted molar refractivity (Wildman–Crippen MR) is 134 cm³/mol. The Kier molecular flexibility index (Phi) is 5.38. The number of carbonyl (C=O) groups is 4. The number of hydrogen-bond acceptors (Lipinski definition) is 12. The van der Waals surface area contributed by atoms with E-state index in [2.05, 4.69) is 0 Å². The summed E-state index contributed by atoms with van der Waals surface area (Å²) in [7, 11) is 1.12. The van der Waals surface area contributed by atoms with E-state index in [4.69, 9.17) is 28.1 Å². The third-order valence-corrected chi connectivity index (χ3v) is 11.1. The number of aliphatic hydroxyl groups is 2. The van der Waals surface area contributed by atoms with Crippen molar-refractivity contribution in [1.82, 2.24) is 0 Å². The Bertz CT molecular complexity index is 1400. The predicted octanol–water partition coefficient (Wildman–Crippen LogP) is 1.53. The molecule has 4 heterocycles. The normalized spacial score (nSPS) is 49.3. The van der Waals surface area contributed by atoms with E-state index < -0.39 is 86.8 Å². The molecular weight excluding hydrogens is 540 g/mol. The summed E-state index contributed by atoms with van der Waals surface area (Å²) in [5.74, 6) is -7.10. The fourth-order valence-electron chi connectivity index (χ4n) is 9.17. The Morgan fingerprint density at radius 2 is 1.76 bits per heavy atom. The summed E-state index contributed by atoms with van der Waals surface area (Å²) in [6.07, 6.45) is 1.90. The molecule has 6 rings (SSSR count). The van der Waals surface area contributed by atoms with Crippen molar-refractivity contribution in [3.05, 3.63) is 36.3 Å². The number of Topliss-reactive ketones (excluding diaryl/α,β-unsaturated/α-hetero) is 1. The lowest BCUT2D eigenvalue weighted by Gasteiger charge is -2.71. The van der Waals surface area contributed by atoms with Gasteiger partial charge in [0.25, 0.3) is 0 Å². The van der Waals surface area contributed by atoms with Crippen LogP contribution < -0.4 is 0 Å². The Hall–Kier alpha value is -3.06. The van der Waals surface area contributed by atoms with Crippen LogP contribution in [0.4, 0.5) is 0 Å². The Morgan fingerprint density at radius 1 is 1.07 bits per heavy atom. The molecule has 5 aliphatic rings. The first-order chi connectivity index (χ1) is 18.9. The van der Waals surface area contributed by atoms with Gasteiger partial charge in [-0.25, -0.2) is 9.59 Å². The number of cyclic esters (lactones) is 2. The van der Waals surface area contributed by atoms with Gasteiger partial charge in [0, 0.05) is 31.1 Å². The monoisotopic (exact) mass is 574 g/mol. The molecule has 12 nitrogen and oxygen atoms in total. The van der Waals surface area contributed by atoms with E-state index in [1.165, 1.54) is 39.4 Å². The van der Waals surface area contributed by atoms with E-state index in [9.17, 15) is 29.4 Å². The van der Waals surface area contributed by atoms with Gasteiger partial charge < -0.3 is 38.3 Å². The molecule has 2 aliphatic carbocycles. The lowest BCUT2D eigenvalue weighted by Crippen LogP contribution is -2.86. The highest BCUT2D eigenvalue weighted by molar-refractivity contribution is 6.00. The van der Waals surface area contributed by atoms with E-state index in [1.54, 1.807) is 26.8 Å². The van der Waals surface area contributed by atoms with Crippen LogP contribution in [0.3, 0.4) is 0 Å². The van der Waals surface area contributed by atoms with Crippen LogP contribution in [0, 0.1) is 22.2 Å². The average molecular weight is 575 g/mol. The topological polar surface area (TPSA) is 171 Å². The number of fused-ring (bicyclic) bond motifs is 3. The molecule has 0 bridgehead atoms. The van der Waals surface area contributed by atoms with Gasteiger partial charge in [-0.05, 0) is 39.2 Å². The maximum absolute atomic E-state index is 14.6. The van der Waals surface area contributed by atoms with Gasteiger partial charge in [-0.1, -0.05) is 19.9 Å². The van der Waals surface area contributed by atoms with Crippen LogP contribution >= 0.6 is 0 Å². The van der Waals surface area contributed by atoms with Crippen molar-refractivity contribution < 1.29 is 57.5 Å². The Morgan fingerprint density at radius 3 is 2.34 bits per heavy atom. The zero-order valence-corrected chi connectivity index (χ0v) is 23.9. The number of hydrogen-bond donors (Lipinski definition) is 2. The second-order valence-electron chi connectivity index (χ2n) is 12.9. The van der Waals surface area contributed by atoms with Gasteiger partial charge in [0.2, 0.25) is 11.6 Å². The molecule has 2 N–H and O–H groups in total. The van der Waals surface area contributed by atoms with Crippen LogP contribution in [0.1, 0.15) is 59.6 Å². The smallest absolute Gasteiger partial charge is 0.339 e. The molecule has 1 spiro atoms. The minimum atomic E-state index is -2.77. The van der Waals surface area contributed by atoms with Gasteiger partial charge in [-0.3, -0.25) is 9.59 Å². The lowest BCUT2D eigenvalue weighted by atomic mass is 9.34. The highest BCUT2D eigenvalue weighted by Crippen LogP contribution is 2.81. The van der Waals surface area contributed by atoms with Crippen LogP contribution in [-0.2, 0) is 42.9 Å². The summed E-state index contributed by atoms with van der Waals surface area (Å²) in [5, 5.41) is 24.9. The molecule has 0 aromatic carbocycles. The Balaban J connectivity index is 1.70. The number of furan rings is 1. The number of ether oxygens (including phenoxy) is 5. The van der Waals surface area contributed by atoms with Crippen molar-refractivity contribution in [3.63, 3.8) is 0 Å². The van der Waals surface area contributed by atoms with Crippen molar-refractivity contribution in [2.75, 3.05) is 7.11 Å². The first kappa shape index (κ1) is 28.1. The van der Waals surface area contributed by atoms with Crippen molar-refractivity contribution >= 4 is 23.7 Å². The standard InChI is InChI=1S/C29H34O12/c1-14(30)38-17-12-16-24(4)10-8-18(31)40-23(2,3)27(24,34)22(33)29(35,36-7)26(16,6)28-20(41-28)21(32)39-19(25(17,28)5)15-9-11-37-13-15/h8-11,13,16-17,19-20,34-35H,12H2,1-7H3/t16-,17-,19+,20-,24-,25+,26-,27-,28-,29-/m1/s1. The molecule has 0 radical (unpaired) electrons. The van der Waals surface area contributed by atoms with Crippen molar-refractivity contribution in [2.24, 2.45) is 22.2 Å². The summed E-state index contributed by atoms with van der Waals surface area (Å²) in [4.78, 5) is 53.4. The summed E-state index contributed by atoms with van der Waals surface area (Å²) in [6, 6.07) is 1.60. The van der Waals surface area contributed by atoms with Gasteiger partial charge in [0.1, 0.15) is 23.4 Å². The zero-order chi connectivity index (χ0) is 30.2. The molecule has 2 saturated carbocycles. The van der Waals surface area contributed by atoms with E-state index in [0.717, 1.165) is 13.2 Å². The quantitative estimate of drug-likeness (QED) is 0.231. The summed E-state index contributed by atoms with van der Waals surface area (Å²) >= 11 is 0. The van der Waals surface area contributed by atoms with Gasteiger partial charge in [0.15, 0.2) is 11.7 Å². The molecule has 12 heteroatoms. The number of carbonyl (C=O) groups excluding carboxylic acids is 4. The van der Waals surface area contributed by atoms with Crippen LogP contribution in [0.5, 0.6) is 0 Å². The largest absolute Gasteiger partial charge is 0.472 e.